The van der Waals surface area contributed by atoms with Gasteiger partial charge in [-0.05, 0) is 12.1 Å². The molecule has 1 fully saturated rings. The molecule has 5 nitrogen and oxygen atoms in total. The van der Waals surface area contributed by atoms with Crippen LogP contribution in [-0.2, 0) is 4.74 Å². The van der Waals surface area contributed by atoms with Gasteiger partial charge in [-0.3, -0.25) is 4.98 Å². The fourth-order valence-corrected chi connectivity index (χ4v) is 1.04. The normalized spacial score (nSPS) is 13.6. The van der Waals surface area contributed by atoms with Crippen molar-refractivity contribution in [1.29, 1.82) is 0 Å². The van der Waals surface area contributed by atoms with Gasteiger partial charge in [0.15, 0.2) is 0 Å². The Morgan fingerprint density at radius 3 is 1.82 bits per heavy atom. The van der Waals surface area contributed by atoms with E-state index in [1.807, 2.05) is 18.2 Å². The van der Waals surface area contributed by atoms with Crippen molar-refractivity contribution in [2.75, 3.05) is 26.3 Å². The summed E-state index contributed by atoms with van der Waals surface area (Å²) in [5, 5.41) is 3.16. The zero-order valence-corrected chi connectivity index (χ0v) is 9.75. The van der Waals surface area contributed by atoms with Crippen LogP contribution < -0.4 is 5.32 Å². The first-order valence-corrected chi connectivity index (χ1v) is 5.56. The highest BCUT2D eigenvalue weighted by atomic mass is 16.5. The van der Waals surface area contributed by atoms with Crippen molar-refractivity contribution in [3.8, 4) is 0 Å². The molecule has 0 spiro atoms. The molecule has 2 aromatic heterocycles. The number of aromatic nitrogens is 3. The van der Waals surface area contributed by atoms with Crippen LogP contribution in [0.15, 0.2) is 49.3 Å². The van der Waals surface area contributed by atoms with Crippen molar-refractivity contribution >= 4 is 0 Å². The van der Waals surface area contributed by atoms with Crippen LogP contribution in [0.3, 0.4) is 0 Å². The van der Waals surface area contributed by atoms with Gasteiger partial charge in [-0.15, -0.1) is 0 Å². The summed E-state index contributed by atoms with van der Waals surface area (Å²) in [6.45, 7) is 3.83. The van der Waals surface area contributed by atoms with Gasteiger partial charge in [-0.1, -0.05) is 6.07 Å². The topological polar surface area (TPSA) is 62.8 Å². The lowest BCUT2D eigenvalue weighted by atomic mass is 10.5. The molecule has 5 heteroatoms. The zero-order valence-electron chi connectivity index (χ0n) is 9.75. The van der Waals surface area contributed by atoms with E-state index in [9.17, 15) is 0 Å². The van der Waals surface area contributed by atoms with Gasteiger partial charge in [0, 0.05) is 37.9 Å². The third-order valence-corrected chi connectivity index (χ3v) is 1.82. The van der Waals surface area contributed by atoms with Gasteiger partial charge in [-0.25, -0.2) is 4.98 Å². The minimum absolute atomic E-state index is 0.889. The number of hydrogen-bond acceptors (Lipinski definition) is 4. The molecule has 2 aromatic rings. The van der Waals surface area contributed by atoms with Crippen LogP contribution in [-0.4, -0.2) is 41.3 Å². The molecule has 0 aromatic carbocycles. The molecule has 0 radical (unpaired) electrons. The monoisotopic (exact) mass is 234 g/mol. The number of hydrogen-bond donors (Lipinski definition) is 2. The van der Waals surface area contributed by atoms with Crippen LogP contribution >= 0.6 is 0 Å². The Balaban J connectivity index is 0.000000128. The van der Waals surface area contributed by atoms with Crippen LogP contribution in [0, 0.1) is 0 Å². The van der Waals surface area contributed by atoms with Crippen LogP contribution in [0.5, 0.6) is 0 Å². The Hall–Kier alpha value is -1.72. The van der Waals surface area contributed by atoms with Crippen LogP contribution in [0.2, 0.25) is 0 Å². The molecule has 1 aliphatic rings. The number of pyridine rings is 1. The quantitative estimate of drug-likeness (QED) is 0.716. The molecule has 1 aliphatic heterocycles. The predicted octanol–water partition coefficient (Wildman–Crippen LogP) is 1.10. The van der Waals surface area contributed by atoms with E-state index in [4.69, 9.17) is 4.74 Å². The summed E-state index contributed by atoms with van der Waals surface area (Å²) < 4.78 is 5.01. The summed E-state index contributed by atoms with van der Waals surface area (Å²) in [4.78, 5) is 10.2. The molecular weight excluding hydrogens is 216 g/mol. The molecule has 0 atom stereocenters. The average molecular weight is 234 g/mol. The first kappa shape index (κ1) is 13.3. The van der Waals surface area contributed by atoms with Crippen molar-refractivity contribution in [3.63, 3.8) is 0 Å². The largest absolute Gasteiger partial charge is 0.379 e. The van der Waals surface area contributed by atoms with E-state index in [2.05, 4.69) is 20.3 Å². The summed E-state index contributed by atoms with van der Waals surface area (Å²) >= 11 is 0. The lowest BCUT2D eigenvalue weighted by Crippen LogP contribution is -2.30. The third-order valence-electron chi connectivity index (χ3n) is 1.82. The van der Waals surface area contributed by atoms with E-state index in [-0.39, 0.29) is 0 Å². The van der Waals surface area contributed by atoms with E-state index in [1.54, 1.807) is 31.1 Å². The molecule has 0 amide bonds. The van der Waals surface area contributed by atoms with E-state index in [0.29, 0.717) is 0 Å². The van der Waals surface area contributed by atoms with Gasteiger partial charge in [0.05, 0.1) is 19.5 Å². The van der Waals surface area contributed by atoms with E-state index >= 15 is 0 Å². The highest BCUT2D eigenvalue weighted by Gasteiger charge is 1.92. The van der Waals surface area contributed by atoms with E-state index in [1.165, 1.54) is 0 Å². The van der Waals surface area contributed by atoms with Crippen molar-refractivity contribution in [1.82, 2.24) is 20.3 Å². The molecule has 0 unspecified atom stereocenters. The number of morpholine rings is 1. The second-order valence-corrected chi connectivity index (χ2v) is 3.15. The van der Waals surface area contributed by atoms with Crippen molar-refractivity contribution in [2.24, 2.45) is 0 Å². The number of ether oxygens (including phenoxy) is 1. The smallest absolute Gasteiger partial charge is 0.0919 e. The summed E-state index contributed by atoms with van der Waals surface area (Å²) in [7, 11) is 0. The van der Waals surface area contributed by atoms with Gasteiger partial charge in [0.25, 0.3) is 0 Å². The second kappa shape index (κ2) is 10.8. The van der Waals surface area contributed by atoms with Crippen molar-refractivity contribution < 1.29 is 4.74 Å². The predicted molar refractivity (Wildman–Crippen MR) is 66.5 cm³/mol. The van der Waals surface area contributed by atoms with E-state index in [0.717, 1.165) is 26.3 Å². The molecule has 1 saturated heterocycles. The maximum Gasteiger partial charge on any atom is 0.0919 e. The minimum atomic E-state index is 0.889. The Morgan fingerprint density at radius 2 is 1.65 bits per heavy atom. The maximum atomic E-state index is 5.01. The number of nitrogens with zero attached hydrogens (tertiary/aromatic N) is 2. The molecule has 0 bridgehead atoms. The second-order valence-electron chi connectivity index (χ2n) is 3.15. The number of aromatic amines is 1. The molecule has 17 heavy (non-hydrogen) atoms. The molecule has 92 valence electrons. The molecule has 3 heterocycles. The van der Waals surface area contributed by atoms with Crippen LogP contribution in [0.1, 0.15) is 0 Å². The maximum absolute atomic E-state index is 5.01. The Kier molecular flexibility index (Phi) is 8.47. The highest BCUT2D eigenvalue weighted by molar-refractivity contribution is 4.88. The highest BCUT2D eigenvalue weighted by Crippen LogP contribution is 1.76. The molecule has 3 rings (SSSR count). The molecule has 0 saturated carbocycles. The lowest BCUT2D eigenvalue weighted by molar-refractivity contribution is 0.109. The van der Waals surface area contributed by atoms with Crippen molar-refractivity contribution in [2.45, 2.75) is 0 Å². The fourth-order valence-electron chi connectivity index (χ4n) is 1.04. The first-order valence-electron chi connectivity index (χ1n) is 5.56. The number of nitrogens with one attached hydrogen (secondary N) is 2. The van der Waals surface area contributed by atoms with Gasteiger partial charge >= 0.3 is 0 Å². The van der Waals surface area contributed by atoms with Crippen molar-refractivity contribution in [3.05, 3.63) is 49.3 Å². The van der Waals surface area contributed by atoms with Gasteiger partial charge in [-0.2, -0.15) is 0 Å². The zero-order chi connectivity index (χ0) is 12.0. The number of rotatable bonds is 0. The Bertz CT molecular complexity index is 266. The standard InChI is InChI=1S/C5H5N.C4H9NO.C3H4N2/c1-2-4-6-5-3-1;1-3-6-4-2-5-1;1-2-5-3-4-1/h1-5H;5H,1-4H2;1-3H,(H,4,5). The van der Waals surface area contributed by atoms with Gasteiger partial charge in [0.2, 0.25) is 0 Å². The summed E-state index contributed by atoms with van der Waals surface area (Å²) in [6, 6.07) is 5.72. The summed E-state index contributed by atoms with van der Waals surface area (Å²) in [5.41, 5.74) is 0. The summed E-state index contributed by atoms with van der Waals surface area (Å²) in [5.74, 6) is 0. The SMILES string of the molecule is C1COCCN1.c1c[nH]cn1.c1ccncc1. The van der Waals surface area contributed by atoms with Crippen LogP contribution in [0.4, 0.5) is 0 Å². The van der Waals surface area contributed by atoms with Gasteiger partial charge in [0.1, 0.15) is 0 Å². The average Bonchev–Trinajstić information content (AvgIpc) is 3.03. The Labute approximate surface area is 101 Å². The molecular formula is C12H18N4O. The fraction of sp³-hybridized carbons (Fsp3) is 0.333. The van der Waals surface area contributed by atoms with E-state index < -0.39 is 0 Å². The lowest BCUT2D eigenvalue weighted by Gasteiger charge is -2.10. The third kappa shape index (κ3) is 9.22. The Morgan fingerprint density at radius 1 is 0.882 bits per heavy atom. The first-order chi connectivity index (χ1) is 8.50. The molecule has 2 N–H and O–H groups in total. The van der Waals surface area contributed by atoms with Crippen LogP contribution in [0.25, 0.3) is 0 Å². The van der Waals surface area contributed by atoms with Gasteiger partial charge < -0.3 is 15.0 Å². The summed E-state index contributed by atoms with van der Waals surface area (Å²) in [6.07, 6.45) is 8.58. The minimum Gasteiger partial charge on any atom is -0.379 e. The number of imidazole rings is 1. The molecule has 0 aliphatic carbocycles. The number of H-pyrrole nitrogens is 1.